The van der Waals surface area contributed by atoms with Crippen molar-refractivity contribution in [2.45, 2.75) is 46.5 Å². The van der Waals surface area contributed by atoms with Crippen LogP contribution in [0.25, 0.3) is 16.9 Å². The first kappa shape index (κ1) is 24.8. The van der Waals surface area contributed by atoms with E-state index in [1.165, 1.54) is 0 Å². The Bertz CT molecular complexity index is 1370. The number of hydrogen-bond acceptors (Lipinski definition) is 3. The SMILES string of the molecule is Cc1ccc(C)c(NC(=O)C2CC2c2cn(-c3ccccc3)nc2-c2ccc(OCCC(C)C)cc2)c1. The van der Waals surface area contributed by atoms with E-state index in [0.29, 0.717) is 12.5 Å². The highest BCUT2D eigenvalue weighted by molar-refractivity contribution is 5.96. The standard InChI is InChI=1S/C32H35N3O2/c1-21(2)16-17-37-26-14-12-24(13-15-26)31-29(20-35(34-31)25-8-6-5-7-9-25)27-19-28(27)32(36)33-30-18-22(3)10-11-23(30)4/h5-15,18,20-21,27-28H,16-17,19H2,1-4H3,(H,33,36). The largest absolute Gasteiger partial charge is 0.494 e. The van der Waals surface area contributed by atoms with Crippen LogP contribution in [-0.4, -0.2) is 22.3 Å². The van der Waals surface area contributed by atoms with Crippen LogP contribution in [0, 0.1) is 25.7 Å². The highest BCUT2D eigenvalue weighted by Crippen LogP contribution is 2.51. The van der Waals surface area contributed by atoms with E-state index in [0.717, 1.165) is 57.9 Å². The highest BCUT2D eigenvalue weighted by Gasteiger charge is 2.46. The van der Waals surface area contributed by atoms with Gasteiger partial charge in [-0.3, -0.25) is 4.79 Å². The summed E-state index contributed by atoms with van der Waals surface area (Å²) in [6, 6.07) is 24.4. The Morgan fingerprint density at radius 1 is 1.05 bits per heavy atom. The molecule has 1 N–H and O–H groups in total. The van der Waals surface area contributed by atoms with Crippen molar-refractivity contribution in [1.29, 1.82) is 0 Å². The summed E-state index contributed by atoms with van der Waals surface area (Å²) in [7, 11) is 0. The Balaban J connectivity index is 1.39. The Hall–Kier alpha value is -3.86. The van der Waals surface area contributed by atoms with Gasteiger partial charge in [-0.2, -0.15) is 5.10 Å². The van der Waals surface area contributed by atoms with E-state index in [-0.39, 0.29) is 17.7 Å². The Kier molecular flexibility index (Phi) is 7.13. The molecule has 1 aliphatic rings. The van der Waals surface area contributed by atoms with Gasteiger partial charge in [0, 0.05) is 34.8 Å². The number of aromatic nitrogens is 2. The first-order valence-corrected chi connectivity index (χ1v) is 13.2. The summed E-state index contributed by atoms with van der Waals surface area (Å²) in [5.74, 6) is 1.63. The normalized spacial score (nSPS) is 16.6. The molecule has 3 aromatic carbocycles. The molecule has 1 fully saturated rings. The molecular weight excluding hydrogens is 458 g/mol. The van der Waals surface area contributed by atoms with Gasteiger partial charge in [-0.1, -0.05) is 44.2 Å². The zero-order chi connectivity index (χ0) is 25.9. The van der Waals surface area contributed by atoms with Crippen LogP contribution in [0.3, 0.4) is 0 Å². The molecule has 1 aliphatic carbocycles. The molecule has 5 heteroatoms. The van der Waals surface area contributed by atoms with Gasteiger partial charge in [0.2, 0.25) is 5.91 Å². The monoisotopic (exact) mass is 493 g/mol. The number of anilines is 1. The fraction of sp³-hybridized carbons (Fsp3) is 0.312. The molecule has 2 atom stereocenters. The van der Waals surface area contributed by atoms with Crippen LogP contribution in [0.5, 0.6) is 5.75 Å². The molecule has 1 aromatic heterocycles. The van der Waals surface area contributed by atoms with Crippen molar-refractivity contribution in [2.75, 3.05) is 11.9 Å². The van der Waals surface area contributed by atoms with Crippen LogP contribution < -0.4 is 10.1 Å². The van der Waals surface area contributed by atoms with E-state index in [4.69, 9.17) is 9.84 Å². The fourth-order valence-corrected chi connectivity index (χ4v) is 4.64. The molecule has 37 heavy (non-hydrogen) atoms. The Morgan fingerprint density at radius 2 is 1.81 bits per heavy atom. The molecule has 1 saturated carbocycles. The van der Waals surface area contributed by atoms with Crippen LogP contribution in [0.1, 0.15) is 49.3 Å². The first-order chi connectivity index (χ1) is 17.9. The van der Waals surface area contributed by atoms with E-state index < -0.39 is 0 Å². The summed E-state index contributed by atoms with van der Waals surface area (Å²) in [5.41, 5.74) is 7.16. The summed E-state index contributed by atoms with van der Waals surface area (Å²) in [5, 5.41) is 8.14. The van der Waals surface area contributed by atoms with Gasteiger partial charge in [-0.25, -0.2) is 4.68 Å². The summed E-state index contributed by atoms with van der Waals surface area (Å²) in [4.78, 5) is 13.2. The third-order valence-electron chi connectivity index (χ3n) is 7.03. The molecule has 0 aliphatic heterocycles. The highest BCUT2D eigenvalue weighted by atomic mass is 16.5. The minimum atomic E-state index is -0.0641. The average Bonchev–Trinajstić information content (AvgIpc) is 3.57. The van der Waals surface area contributed by atoms with Crippen LogP contribution in [0.2, 0.25) is 0 Å². The Morgan fingerprint density at radius 3 is 2.54 bits per heavy atom. The van der Waals surface area contributed by atoms with Crippen LogP contribution in [0.15, 0.2) is 79.0 Å². The van der Waals surface area contributed by atoms with Crippen molar-refractivity contribution < 1.29 is 9.53 Å². The molecule has 5 rings (SSSR count). The predicted octanol–water partition coefficient (Wildman–Crippen LogP) is 7.32. The lowest BCUT2D eigenvalue weighted by Crippen LogP contribution is -2.15. The minimum absolute atomic E-state index is 0.0641. The molecular formula is C32H35N3O2. The predicted molar refractivity (Wildman–Crippen MR) is 149 cm³/mol. The summed E-state index contributed by atoms with van der Waals surface area (Å²) >= 11 is 0. The summed E-state index contributed by atoms with van der Waals surface area (Å²) < 4.78 is 7.84. The Labute approximate surface area is 219 Å². The number of hydrogen-bond donors (Lipinski definition) is 1. The molecule has 0 radical (unpaired) electrons. The number of carbonyl (C=O) groups excluding carboxylic acids is 1. The van der Waals surface area contributed by atoms with Gasteiger partial charge in [0.05, 0.1) is 18.0 Å². The molecule has 190 valence electrons. The van der Waals surface area contributed by atoms with Crippen molar-refractivity contribution in [3.05, 3.63) is 95.7 Å². The molecule has 2 unspecified atom stereocenters. The zero-order valence-corrected chi connectivity index (χ0v) is 22.1. The molecule has 0 spiro atoms. The van der Waals surface area contributed by atoms with E-state index in [2.05, 4.69) is 43.6 Å². The van der Waals surface area contributed by atoms with Crippen molar-refractivity contribution in [3.8, 4) is 22.7 Å². The van der Waals surface area contributed by atoms with Gasteiger partial charge in [0.1, 0.15) is 5.75 Å². The second-order valence-corrected chi connectivity index (χ2v) is 10.5. The molecule has 5 nitrogen and oxygen atoms in total. The average molecular weight is 494 g/mol. The van der Waals surface area contributed by atoms with E-state index >= 15 is 0 Å². The van der Waals surface area contributed by atoms with Crippen molar-refractivity contribution >= 4 is 11.6 Å². The number of aryl methyl sites for hydroxylation is 2. The second-order valence-electron chi connectivity index (χ2n) is 10.5. The number of nitrogens with one attached hydrogen (secondary N) is 1. The number of para-hydroxylation sites is 1. The van der Waals surface area contributed by atoms with E-state index in [9.17, 15) is 4.79 Å². The summed E-state index contributed by atoms with van der Waals surface area (Å²) in [6.07, 6.45) is 3.94. The van der Waals surface area contributed by atoms with Crippen molar-refractivity contribution in [3.63, 3.8) is 0 Å². The molecule has 1 amide bonds. The lowest BCUT2D eigenvalue weighted by Gasteiger charge is -2.10. The molecule has 0 bridgehead atoms. The lowest BCUT2D eigenvalue weighted by molar-refractivity contribution is -0.117. The van der Waals surface area contributed by atoms with Gasteiger partial charge in [-0.05, 0) is 86.2 Å². The fourth-order valence-electron chi connectivity index (χ4n) is 4.64. The molecule has 1 heterocycles. The van der Waals surface area contributed by atoms with Crippen LogP contribution >= 0.6 is 0 Å². The van der Waals surface area contributed by atoms with Crippen molar-refractivity contribution in [1.82, 2.24) is 9.78 Å². The summed E-state index contributed by atoms with van der Waals surface area (Å²) in [6.45, 7) is 9.18. The molecule has 4 aromatic rings. The maximum absolute atomic E-state index is 13.2. The molecule has 0 saturated heterocycles. The number of carbonyl (C=O) groups is 1. The van der Waals surface area contributed by atoms with Gasteiger partial charge in [0.25, 0.3) is 0 Å². The second kappa shape index (κ2) is 10.6. The van der Waals surface area contributed by atoms with Crippen LogP contribution in [-0.2, 0) is 4.79 Å². The van der Waals surface area contributed by atoms with Gasteiger partial charge >= 0.3 is 0 Å². The van der Waals surface area contributed by atoms with E-state index in [1.54, 1.807) is 0 Å². The van der Waals surface area contributed by atoms with Gasteiger partial charge in [-0.15, -0.1) is 0 Å². The maximum atomic E-state index is 13.2. The third kappa shape index (κ3) is 5.77. The van der Waals surface area contributed by atoms with Crippen molar-refractivity contribution in [2.24, 2.45) is 11.8 Å². The number of rotatable bonds is 9. The van der Waals surface area contributed by atoms with Gasteiger partial charge < -0.3 is 10.1 Å². The smallest absolute Gasteiger partial charge is 0.228 e. The minimum Gasteiger partial charge on any atom is -0.494 e. The third-order valence-corrected chi connectivity index (χ3v) is 7.03. The topological polar surface area (TPSA) is 56.2 Å². The number of benzene rings is 3. The lowest BCUT2D eigenvalue weighted by atomic mass is 10.0. The number of amides is 1. The number of ether oxygens (including phenoxy) is 1. The van der Waals surface area contributed by atoms with E-state index in [1.807, 2.05) is 73.1 Å². The zero-order valence-electron chi connectivity index (χ0n) is 22.1. The van der Waals surface area contributed by atoms with Crippen LogP contribution in [0.4, 0.5) is 5.69 Å². The van der Waals surface area contributed by atoms with Gasteiger partial charge in [0.15, 0.2) is 0 Å². The first-order valence-electron chi connectivity index (χ1n) is 13.2. The quantitative estimate of drug-likeness (QED) is 0.266. The maximum Gasteiger partial charge on any atom is 0.228 e. The number of nitrogens with zero attached hydrogens (tertiary/aromatic N) is 2.